The maximum Gasteiger partial charge on any atom is 0.325 e. The van der Waals surface area contributed by atoms with Crippen LogP contribution in [0.15, 0.2) is 66.0 Å². The molecule has 4 amide bonds. The molecule has 0 unspecified atom stereocenters. The molecule has 0 saturated carbocycles. The van der Waals surface area contributed by atoms with Gasteiger partial charge >= 0.3 is 6.03 Å². The van der Waals surface area contributed by atoms with Gasteiger partial charge in [-0.15, -0.1) is 11.3 Å². The highest BCUT2D eigenvalue weighted by Gasteiger charge is 2.51. The Balaban J connectivity index is 1.55. The van der Waals surface area contributed by atoms with Gasteiger partial charge in [0.15, 0.2) is 0 Å². The minimum Gasteiger partial charge on any atom is -0.343 e. The number of hydrogen-bond acceptors (Lipinski definition) is 4. The summed E-state index contributed by atoms with van der Waals surface area (Å²) in [6.07, 6.45) is 0. The van der Waals surface area contributed by atoms with Crippen LogP contribution in [0.1, 0.15) is 29.0 Å². The van der Waals surface area contributed by atoms with Gasteiger partial charge in [-0.25, -0.2) is 13.6 Å². The Morgan fingerprint density at radius 1 is 1.12 bits per heavy atom. The van der Waals surface area contributed by atoms with E-state index in [4.69, 9.17) is 0 Å². The number of hydrogen-bond donors (Lipinski definition) is 2. The fourth-order valence-electron chi connectivity index (χ4n) is 3.67. The van der Waals surface area contributed by atoms with Crippen LogP contribution in [0.5, 0.6) is 0 Å². The lowest BCUT2D eigenvalue weighted by atomic mass is 9.91. The summed E-state index contributed by atoms with van der Waals surface area (Å²) in [6.45, 7) is 0.716. The zero-order valence-corrected chi connectivity index (χ0v) is 17.8. The number of imide groups is 1. The number of benzene rings is 2. The van der Waals surface area contributed by atoms with Crippen molar-refractivity contribution in [3.8, 4) is 0 Å². The fourth-order valence-corrected chi connectivity index (χ4v) is 4.48. The van der Waals surface area contributed by atoms with Gasteiger partial charge in [0.05, 0.1) is 6.04 Å². The van der Waals surface area contributed by atoms with Crippen molar-refractivity contribution in [3.05, 3.63) is 93.7 Å². The lowest BCUT2D eigenvalue weighted by Crippen LogP contribution is -2.44. The molecule has 1 aliphatic heterocycles. The molecule has 1 fully saturated rings. The van der Waals surface area contributed by atoms with Crippen LogP contribution in [0.2, 0.25) is 0 Å². The van der Waals surface area contributed by atoms with Crippen molar-refractivity contribution >= 4 is 29.2 Å². The molecular formula is C23H19F2N3O3S. The fraction of sp³-hybridized carbons (Fsp3) is 0.174. The Labute approximate surface area is 186 Å². The van der Waals surface area contributed by atoms with E-state index in [1.165, 1.54) is 18.3 Å². The van der Waals surface area contributed by atoms with E-state index >= 15 is 0 Å². The molecule has 2 heterocycles. The van der Waals surface area contributed by atoms with Gasteiger partial charge < -0.3 is 10.6 Å². The van der Waals surface area contributed by atoms with Crippen molar-refractivity contribution in [2.75, 3.05) is 6.54 Å². The van der Waals surface area contributed by atoms with Crippen molar-refractivity contribution in [2.24, 2.45) is 0 Å². The number of thiophene rings is 1. The molecule has 1 aliphatic rings. The van der Waals surface area contributed by atoms with Crippen LogP contribution in [0, 0.1) is 11.6 Å². The van der Waals surface area contributed by atoms with Crippen molar-refractivity contribution in [1.29, 1.82) is 0 Å². The predicted octanol–water partition coefficient (Wildman–Crippen LogP) is 3.70. The van der Waals surface area contributed by atoms with Gasteiger partial charge in [0.25, 0.3) is 5.91 Å². The molecule has 2 aromatic carbocycles. The number of nitrogens with zero attached hydrogens (tertiary/aromatic N) is 1. The quantitative estimate of drug-likeness (QED) is 0.557. The van der Waals surface area contributed by atoms with E-state index in [0.717, 1.165) is 28.6 Å². The van der Waals surface area contributed by atoms with Gasteiger partial charge in [-0.1, -0.05) is 36.4 Å². The smallest absolute Gasteiger partial charge is 0.325 e. The standard InChI is InChI=1S/C23H19F2N3O3S/c1-23(16-12-15(24)9-10-17(16)25)21(30)28(22(31)27-23)13-19(29)26-20(18-8-5-11-32-18)14-6-3-2-4-7-14/h2-12,20H,13H2,1H3,(H,26,29)(H,27,31)/t20-,23+/m1/s1. The molecule has 2 N–H and O–H groups in total. The first kappa shape index (κ1) is 21.6. The largest absolute Gasteiger partial charge is 0.343 e. The topological polar surface area (TPSA) is 78.5 Å². The van der Waals surface area contributed by atoms with Crippen LogP contribution >= 0.6 is 11.3 Å². The molecule has 164 valence electrons. The van der Waals surface area contributed by atoms with Crippen LogP contribution in [-0.2, 0) is 15.1 Å². The number of carbonyl (C=O) groups is 3. The minimum absolute atomic E-state index is 0.306. The Hall–Kier alpha value is -3.59. The molecule has 6 nitrogen and oxygen atoms in total. The summed E-state index contributed by atoms with van der Waals surface area (Å²) >= 11 is 1.46. The van der Waals surface area contributed by atoms with Gasteiger partial charge in [-0.3, -0.25) is 14.5 Å². The Morgan fingerprint density at radius 2 is 1.88 bits per heavy atom. The average Bonchev–Trinajstić information content (AvgIpc) is 3.38. The lowest BCUT2D eigenvalue weighted by Gasteiger charge is -2.23. The van der Waals surface area contributed by atoms with Crippen LogP contribution in [0.25, 0.3) is 0 Å². The molecular weight excluding hydrogens is 436 g/mol. The first-order chi connectivity index (χ1) is 15.3. The number of carbonyl (C=O) groups excluding carboxylic acids is 3. The van der Waals surface area contributed by atoms with E-state index in [9.17, 15) is 23.2 Å². The van der Waals surface area contributed by atoms with E-state index in [-0.39, 0.29) is 5.56 Å². The van der Waals surface area contributed by atoms with Gasteiger partial charge in [0, 0.05) is 10.4 Å². The first-order valence-electron chi connectivity index (χ1n) is 9.77. The van der Waals surface area contributed by atoms with Crippen LogP contribution in [0.4, 0.5) is 13.6 Å². The van der Waals surface area contributed by atoms with E-state index in [1.807, 2.05) is 47.8 Å². The minimum atomic E-state index is -1.82. The number of amides is 4. The SMILES string of the molecule is C[C@@]1(c2cc(F)ccc2F)NC(=O)N(CC(=O)N[C@H](c2ccccc2)c2cccs2)C1=O. The van der Waals surface area contributed by atoms with Crippen molar-refractivity contribution in [3.63, 3.8) is 0 Å². The Morgan fingerprint density at radius 3 is 2.56 bits per heavy atom. The summed E-state index contributed by atoms with van der Waals surface area (Å²) in [5.74, 6) is -2.99. The second kappa shape index (κ2) is 8.51. The Bertz CT molecular complexity index is 1170. The molecule has 3 aromatic rings. The lowest BCUT2D eigenvalue weighted by molar-refractivity contribution is -0.135. The van der Waals surface area contributed by atoms with E-state index in [1.54, 1.807) is 0 Å². The summed E-state index contributed by atoms with van der Waals surface area (Å²) in [5.41, 5.74) is -1.29. The third-order valence-corrected chi connectivity index (χ3v) is 6.25. The van der Waals surface area contributed by atoms with Gasteiger partial charge in [0.1, 0.15) is 23.7 Å². The first-order valence-corrected chi connectivity index (χ1v) is 10.6. The van der Waals surface area contributed by atoms with E-state index in [0.29, 0.717) is 4.90 Å². The highest BCUT2D eigenvalue weighted by Crippen LogP contribution is 2.31. The molecule has 1 aromatic heterocycles. The van der Waals surface area contributed by atoms with Crippen molar-refractivity contribution < 1.29 is 23.2 Å². The maximum absolute atomic E-state index is 14.3. The third kappa shape index (κ3) is 3.99. The summed E-state index contributed by atoms with van der Waals surface area (Å²) in [5, 5.41) is 7.12. The Kier molecular flexibility index (Phi) is 5.75. The zero-order valence-electron chi connectivity index (χ0n) is 17.0. The number of halogens is 2. The van der Waals surface area contributed by atoms with Crippen molar-refractivity contribution in [2.45, 2.75) is 18.5 Å². The second-order valence-corrected chi connectivity index (χ2v) is 8.48. The van der Waals surface area contributed by atoms with Crippen LogP contribution in [0.3, 0.4) is 0 Å². The summed E-state index contributed by atoms with van der Waals surface area (Å²) in [4.78, 5) is 39.9. The molecule has 0 aliphatic carbocycles. The monoisotopic (exact) mass is 455 g/mol. The van der Waals surface area contributed by atoms with Crippen molar-refractivity contribution in [1.82, 2.24) is 15.5 Å². The number of urea groups is 1. The average molecular weight is 455 g/mol. The zero-order chi connectivity index (χ0) is 22.9. The van der Waals surface area contributed by atoms with Gasteiger partial charge in [0.2, 0.25) is 5.91 Å². The van der Waals surface area contributed by atoms with Gasteiger partial charge in [-0.2, -0.15) is 0 Å². The highest BCUT2D eigenvalue weighted by molar-refractivity contribution is 7.10. The third-order valence-electron chi connectivity index (χ3n) is 5.31. The highest BCUT2D eigenvalue weighted by atomic mass is 32.1. The van der Waals surface area contributed by atoms with E-state index in [2.05, 4.69) is 10.6 Å². The molecule has 0 spiro atoms. The van der Waals surface area contributed by atoms with Gasteiger partial charge in [-0.05, 0) is 42.1 Å². The molecule has 32 heavy (non-hydrogen) atoms. The summed E-state index contributed by atoms with van der Waals surface area (Å²) in [7, 11) is 0. The summed E-state index contributed by atoms with van der Waals surface area (Å²) < 4.78 is 28.0. The van der Waals surface area contributed by atoms with Crippen LogP contribution in [-0.4, -0.2) is 29.3 Å². The molecule has 4 rings (SSSR count). The molecule has 1 saturated heterocycles. The normalized spacial score (nSPS) is 19.0. The maximum atomic E-state index is 14.3. The molecule has 0 radical (unpaired) electrons. The van der Waals surface area contributed by atoms with E-state index < -0.39 is 47.6 Å². The molecule has 0 bridgehead atoms. The second-order valence-electron chi connectivity index (χ2n) is 7.50. The molecule has 9 heteroatoms. The number of nitrogens with one attached hydrogen (secondary N) is 2. The van der Waals surface area contributed by atoms with Crippen LogP contribution < -0.4 is 10.6 Å². The molecule has 2 atom stereocenters. The number of rotatable bonds is 6. The summed E-state index contributed by atoms with van der Waals surface area (Å²) in [6, 6.07) is 14.4. The predicted molar refractivity (Wildman–Crippen MR) is 115 cm³/mol.